The zero-order valence-electron chi connectivity index (χ0n) is 10.4. The maximum Gasteiger partial charge on any atom is 0.337 e. The fraction of sp³-hybridized carbons (Fsp3) is 0.214. The monoisotopic (exact) mass is 272 g/mol. The fourth-order valence-electron chi connectivity index (χ4n) is 2.56. The van der Waals surface area contributed by atoms with Gasteiger partial charge in [-0.2, -0.15) is 0 Å². The lowest BCUT2D eigenvalue weighted by Crippen LogP contribution is -2.43. The third-order valence-corrected chi connectivity index (χ3v) is 3.51. The van der Waals surface area contributed by atoms with Crippen molar-refractivity contribution >= 4 is 29.0 Å². The number of anilines is 1. The van der Waals surface area contributed by atoms with Gasteiger partial charge in [0.25, 0.3) is 0 Å². The maximum atomic E-state index is 11.3. The van der Waals surface area contributed by atoms with Crippen molar-refractivity contribution in [3.05, 3.63) is 35.9 Å². The number of rotatable bonds is 2. The van der Waals surface area contributed by atoms with E-state index in [4.69, 9.17) is 0 Å². The first-order valence-electron chi connectivity index (χ1n) is 6.17. The van der Waals surface area contributed by atoms with Gasteiger partial charge in [0.05, 0.1) is 17.3 Å². The molecule has 6 nitrogen and oxygen atoms in total. The van der Waals surface area contributed by atoms with Crippen molar-refractivity contribution in [2.75, 3.05) is 5.32 Å². The molecule has 0 amide bonds. The van der Waals surface area contributed by atoms with E-state index in [-0.39, 0.29) is 5.56 Å². The highest BCUT2D eigenvalue weighted by Gasteiger charge is 2.35. The molecule has 0 aromatic heterocycles. The van der Waals surface area contributed by atoms with Gasteiger partial charge in [0.1, 0.15) is 11.6 Å². The SMILES string of the molecule is O=C(O)c1cccc2c1N=C1CC=C[C@@H](C(=O)O)[C@@H]1N2. The van der Waals surface area contributed by atoms with Crippen molar-refractivity contribution in [1.82, 2.24) is 0 Å². The fourth-order valence-corrected chi connectivity index (χ4v) is 2.56. The molecule has 0 radical (unpaired) electrons. The molecule has 3 rings (SSSR count). The maximum absolute atomic E-state index is 11.3. The molecule has 1 aliphatic carbocycles. The van der Waals surface area contributed by atoms with Crippen molar-refractivity contribution in [2.24, 2.45) is 10.9 Å². The first-order chi connectivity index (χ1) is 9.58. The molecule has 1 aliphatic heterocycles. The summed E-state index contributed by atoms with van der Waals surface area (Å²) in [6.07, 6.45) is 3.92. The Hall–Kier alpha value is -2.63. The number of carboxylic acid groups (broad SMARTS) is 2. The molecule has 1 aromatic carbocycles. The number of allylic oxidation sites excluding steroid dienone is 1. The van der Waals surface area contributed by atoms with Gasteiger partial charge in [-0.05, 0) is 12.1 Å². The second kappa shape index (κ2) is 4.48. The number of nitrogens with one attached hydrogen (secondary N) is 1. The molecule has 20 heavy (non-hydrogen) atoms. The average Bonchev–Trinajstić information content (AvgIpc) is 2.43. The summed E-state index contributed by atoms with van der Waals surface area (Å²) in [4.78, 5) is 26.8. The van der Waals surface area contributed by atoms with E-state index in [9.17, 15) is 19.8 Å². The lowest BCUT2D eigenvalue weighted by molar-refractivity contribution is -0.140. The van der Waals surface area contributed by atoms with Crippen LogP contribution in [0.15, 0.2) is 35.3 Å². The van der Waals surface area contributed by atoms with E-state index in [1.54, 1.807) is 24.3 Å². The number of benzene rings is 1. The number of nitrogens with zero attached hydrogens (tertiary/aromatic N) is 1. The number of carboxylic acids is 2. The Bertz CT molecular complexity index is 663. The normalized spacial score (nSPS) is 23.1. The third kappa shape index (κ3) is 1.85. The number of aliphatic imine (C=N–C) groups is 1. The summed E-state index contributed by atoms with van der Waals surface area (Å²) < 4.78 is 0. The van der Waals surface area contributed by atoms with Crippen LogP contribution in [0, 0.1) is 5.92 Å². The van der Waals surface area contributed by atoms with Gasteiger partial charge in [0, 0.05) is 12.1 Å². The molecule has 0 saturated carbocycles. The van der Waals surface area contributed by atoms with Crippen molar-refractivity contribution < 1.29 is 19.8 Å². The van der Waals surface area contributed by atoms with Gasteiger partial charge >= 0.3 is 11.9 Å². The lowest BCUT2D eigenvalue weighted by atomic mass is 9.86. The minimum Gasteiger partial charge on any atom is -0.481 e. The van der Waals surface area contributed by atoms with Crippen LogP contribution in [0.3, 0.4) is 0 Å². The number of aliphatic carboxylic acids is 1. The summed E-state index contributed by atoms with van der Waals surface area (Å²) in [5.41, 5.74) is 1.69. The highest BCUT2D eigenvalue weighted by molar-refractivity contribution is 6.07. The highest BCUT2D eigenvalue weighted by atomic mass is 16.4. The van der Waals surface area contributed by atoms with Gasteiger partial charge in [-0.15, -0.1) is 0 Å². The van der Waals surface area contributed by atoms with E-state index >= 15 is 0 Å². The molecule has 0 bridgehead atoms. The minimum atomic E-state index is -1.05. The van der Waals surface area contributed by atoms with Crippen LogP contribution in [0.5, 0.6) is 0 Å². The van der Waals surface area contributed by atoms with E-state index in [1.807, 2.05) is 0 Å². The van der Waals surface area contributed by atoms with Gasteiger partial charge in [0.15, 0.2) is 0 Å². The predicted molar refractivity (Wildman–Crippen MR) is 72.8 cm³/mol. The van der Waals surface area contributed by atoms with Gasteiger partial charge < -0.3 is 15.5 Å². The van der Waals surface area contributed by atoms with E-state index in [2.05, 4.69) is 10.3 Å². The Balaban J connectivity index is 2.09. The van der Waals surface area contributed by atoms with Crippen LogP contribution < -0.4 is 5.32 Å². The first-order valence-corrected chi connectivity index (χ1v) is 6.17. The minimum absolute atomic E-state index is 0.113. The Morgan fingerprint density at radius 2 is 2.10 bits per heavy atom. The topological polar surface area (TPSA) is 99.0 Å². The number of hydrogen-bond acceptors (Lipinski definition) is 4. The summed E-state index contributed by atoms with van der Waals surface area (Å²) in [7, 11) is 0. The Morgan fingerprint density at radius 3 is 2.80 bits per heavy atom. The number of para-hydroxylation sites is 1. The largest absolute Gasteiger partial charge is 0.481 e. The zero-order valence-corrected chi connectivity index (χ0v) is 10.4. The molecule has 2 aliphatic rings. The molecule has 2 atom stereocenters. The predicted octanol–water partition coefficient (Wildman–Crippen LogP) is 1.91. The van der Waals surface area contributed by atoms with Gasteiger partial charge in [-0.1, -0.05) is 18.2 Å². The number of aromatic carboxylic acids is 1. The van der Waals surface area contributed by atoms with Crippen molar-refractivity contribution in [3.8, 4) is 0 Å². The van der Waals surface area contributed by atoms with E-state index < -0.39 is 23.9 Å². The third-order valence-electron chi connectivity index (χ3n) is 3.51. The van der Waals surface area contributed by atoms with E-state index in [0.717, 1.165) is 0 Å². The molecule has 1 aromatic rings. The van der Waals surface area contributed by atoms with Crippen LogP contribution in [0.2, 0.25) is 0 Å². The highest BCUT2D eigenvalue weighted by Crippen LogP contribution is 2.37. The van der Waals surface area contributed by atoms with Crippen molar-refractivity contribution in [2.45, 2.75) is 12.5 Å². The van der Waals surface area contributed by atoms with Gasteiger partial charge in [-0.3, -0.25) is 9.79 Å². The molecular weight excluding hydrogens is 260 g/mol. The van der Waals surface area contributed by atoms with Gasteiger partial charge in [-0.25, -0.2) is 4.79 Å². The number of hydrogen-bond donors (Lipinski definition) is 3. The average molecular weight is 272 g/mol. The summed E-state index contributed by atoms with van der Waals surface area (Å²) in [5.74, 6) is -2.67. The van der Waals surface area contributed by atoms with Crippen LogP contribution >= 0.6 is 0 Å². The van der Waals surface area contributed by atoms with Crippen LogP contribution in [-0.4, -0.2) is 33.9 Å². The molecule has 0 fully saturated rings. The van der Waals surface area contributed by atoms with Crippen LogP contribution in [0.1, 0.15) is 16.8 Å². The Kier molecular flexibility index (Phi) is 2.78. The molecule has 1 heterocycles. The van der Waals surface area contributed by atoms with Crippen LogP contribution in [-0.2, 0) is 4.79 Å². The molecule has 0 unspecified atom stereocenters. The first kappa shape index (κ1) is 12.4. The van der Waals surface area contributed by atoms with Crippen molar-refractivity contribution in [3.63, 3.8) is 0 Å². The smallest absolute Gasteiger partial charge is 0.337 e. The second-order valence-electron chi connectivity index (χ2n) is 4.73. The lowest BCUT2D eigenvalue weighted by Gasteiger charge is -2.32. The summed E-state index contributed by atoms with van der Waals surface area (Å²) in [6.45, 7) is 0. The van der Waals surface area contributed by atoms with E-state index in [0.29, 0.717) is 23.5 Å². The molecular formula is C14H12N2O4. The quantitative estimate of drug-likeness (QED) is 0.714. The zero-order chi connectivity index (χ0) is 14.3. The summed E-state index contributed by atoms with van der Waals surface area (Å²) in [5, 5.41) is 21.5. The Labute approximate surface area is 114 Å². The number of carbonyl (C=O) groups is 2. The number of fused-ring (bicyclic) bond motifs is 2. The Morgan fingerprint density at radius 1 is 1.30 bits per heavy atom. The molecule has 0 spiro atoms. The summed E-state index contributed by atoms with van der Waals surface area (Å²) in [6, 6.07) is 4.39. The van der Waals surface area contributed by atoms with Crippen LogP contribution in [0.25, 0.3) is 0 Å². The van der Waals surface area contributed by atoms with E-state index in [1.165, 1.54) is 6.07 Å². The molecule has 0 saturated heterocycles. The van der Waals surface area contributed by atoms with Crippen LogP contribution in [0.4, 0.5) is 11.4 Å². The van der Waals surface area contributed by atoms with Crippen molar-refractivity contribution in [1.29, 1.82) is 0 Å². The van der Waals surface area contributed by atoms with Gasteiger partial charge in [0.2, 0.25) is 0 Å². The molecule has 102 valence electrons. The second-order valence-corrected chi connectivity index (χ2v) is 4.73. The summed E-state index contributed by atoms with van der Waals surface area (Å²) >= 11 is 0. The standard InChI is InChI=1S/C14H12N2O4/c17-13(18)7-3-1-5-9-11(7)16-10-6-2-4-8(14(19)20)12(10)15-9/h1-5,8,12,15H,6H2,(H,17,18)(H,19,20)/t8-,12+/m1/s1. The molecule has 6 heteroatoms. The molecule has 3 N–H and O–H groups in total.